The molecule has 2 heterocycles. The summed E-state index contributed by atoms with van der Waals surface area (Å²) in [5, 5.41) is 0. The van der Waals surface area contributed by atoms with Gasteiger partial charge in [0.2, 0.25) is 5.92 Å². The lowest BCUT2D eigenvalue weighted by atomic mass is 9.85. The van der Waals surface area contributed by atoms with E-state index in [1.807, 2.05) is 6.07 Å². The lowest BCUT2D eigenvalue weighted by Crippen LogP contribution is -2.31. The smallest absolute Gasteiger partial charge is 0.327 e. The van der Waals surface area contributed by atoms with Crippen molar-refractivity contribution in [3.63, 3.8) is 0 Å². The van der Waals surface area contributed by atoms with E-state index in [9.17, 15) is 17.2 Å². The molecular weight excluding hydrogens is 448 g/mol. The molecule has 4 rings (SSSR count). The molecule has 0 N–H and O–H groups in total. The molecule has 0 atom stereocenters. The quantitative estimate of drug-likeness (QED) is 0.479. The first kappa shape index (κ1) is 23.7. The Morgan fingerprint density at radius 1 is 1.24 bits per heavy atom. The second-order valence-electron chi connectivity index (χ2n) is 9.62. The number of fused-ring (bicyclic) bond motifs is 1. The zero-order chi connectivity index (χ0) is 24.0. The van der Waals surface area contributed by atoms with Gasteiger partial charge in [0, 0.05) is 44.2 Å². The van der Waals surface area contributed by atoms with Crippen LogP contribution < -0.4 is 4.31 Å². The van der Waals surface area contributed by atoms with Crippen LogP contribution in [0.15, 0.2) is 36.9 Å². The fourth-order valence-electron chi connectivity index (χ4n) is 4.37. The summed E-state index contributed by atoms with van der Waals surface area (Å²) in [6.07, 6.45) is 5.74. The molecule has 10 heteroatoms. The van der Waals surface area contributed by atoms with Gasteiger partial charge in [0.1, 0.15) is 12.2 Å². The molecule has 7 nitrogen and oxygen atoms in total. The fraction of sp³-hybridized carbons (Fsp3) is 0.565. The molecule has 0 bridgehead atoms. The van der Waals surface area contributed by atoms with Crippen molar-refractivity contribution in [3.8, 4) is 0 Å². The van der Waals surface area contributed by atoms with E-state index in [4.69, 9.17) is 4.98 Å². The van der Waals surface area contributed by atoms with E-state index in [1.165, 1.54) is 30.1 Å². The number of hydrogen-bond donors (Lipinski definition) is 0. The van der Waals surface area contributed by atoms with Gasteiger partial charge in [-0.05, 0) is 43.4 Å². The molecule has 1 aliphatic carbocycles. The number of nitrogens with zero attached hydrogens (tertiary/aromatic N) is 5. The SMILES string of the molecule is CCC(C)(C)c1nc2cc(N(C)S(=O)(=O)n3ccnc3)ccc2n1CC1CCC(F)(F)CC1. The van der Waals surface area contributed by atoms with Gasteiger partial charge in [0.15, 0.2) is 0 Å². The highest BCUT2D eigenvalue weighted by Crippen LogP contribution is 2.39. The maximum Gasteiger partial charge on any atom is 0.330 e. The molecule has 180 valence electrons. The predicted octanol–water partition coefficient (Wildman–Crippen LogP) is 4.98. The van der Waals surface area contributed by atoms with E-state index in [2.05, 4.69) is 30.3 Å². The molecule has 1 aromatic carbocycles. The molecule has 0 saturated heterocycles. The molecular formula is C23H31F2N5O2S. The number of imidazole rings is 2. The van der Waals surface area contributed by atoms with Crippen LogP contribution in [0, 0.1) is 5.92 Å². The Hall–Kier alpha value is -2.49. The van der Waals surface area contributed by atoms with Gasteiger partial charge < -0.3 is 4.57 Å². The number of rotatable bonds is 7. The molecule has 2 aromatic heterocycles. The lowest BCUT2D eigenvalue weighted by molar-refractivity contribution is -0.0473. The van der Waals surface area contributed by atoms with Crippen molar-refractivity contribution in [2.24, 2.45) is 5.92 Å². The Kier molecular flexibility index (Phi) is 6.01. The van der Waals surface area contributed by atoms with E-state index in [1.54, 1.807) is 12.1 Å². The van der Waals surface area contributed by atoms with Gasteiger partial charge in [-0.3, -0.25) is 4.31 Å². The highest BCUT2D eigenvalue weighted by Gasteiger charge is 2.36. The monoisotopic (exact) mass is 479 g/mol. The van der Waals surface area contributed by atoms with Crippen LogP contribution in [0.3, 0.4) is 0 Å². The standard InChI is InChI=1S/C23H31F2N5O2S/c1-5-22(2,3)21-27-19-14-18(28(4)33(31,32)29-13-12-26-16-29)6-7-20(19)30(21)15-17-8-10-23(24,25)11-9-17/h6-7,12-14,16-17H,5,8-11,15H2,1-4H3. The number of anilines is 1. The van der Waals surface area contributed by atoms with Gasteiger partial charge in [-0.25, -0.2) is 22.7 Å². The largest absolute Gasteiger partial charge is 0.330 e. The first-order valence-electron chi connectivity index (χ1n) is 11.3. The number of halogens is 2. The third-order valence-corrected chi connectivity index (χ3v) is 8.61. The lowest BCUT2D eigenvalue weighted by Gasteiger charge is -2.30. The molecule has 1 saturated carbocycles. The van der Waals surface area contributed by atoms with Gasteiger partial charge in [-0.2, -0.15) is 8.42 Å². The summed E-state index contributed by atoms with van der Waals surface area (Å²) in [7, 11) is -2.31. The van der Waals surface area contributed by atoms with Crippen LogP contribution in [-0.2, 0) is 22.2 Å². The molecule has 0 aliphatic heterocycles. The van der Waals surface area contributed by atoms with E-state index < -0.39 is 16.1 Å². The summed E-state index contributed by atoms with van der Waals surface area (Å²) in [5.74, 6) is -1.49. The average Bonchev–Trinajstić information content (AvgIpc) is 3.43. The van der Waals surface area contributed by atoms with Crippen molar-refractivity contribution in [1.29, 1.82) is 0 Å². The number of hydrogen-bond acceptors (Lipinski definition) is 4. The topological polar surface area (TPSA) is 73.0 Å². The van der Waals surface area contributed by atoms with Crippen molar-refractivity contribution >= 4 is 26.9 Å². The van der Waals surface area contributed by atoms with E-state index in [0.29, 0.717) is 30.6 Å². The number of aromatic nitrogens is 4. The first-order chi connectivity index (χ1) is 15.4. The molecule has 33 heavy (non-hydrogen) atoms. The van der Waals surface area contributed by atoms with E-state index in [-0.39, 0.29) is 24.2 Å². The van der Waals surface area contributed by atoms with Crippen molar-refractivity contribution < 1.29 is 17.2 Å². The number of benzene rings is 1. The fourth-order valence-corrected chi connectivity index (χ4v) is 5.42. The first-order valence-corrected chi connectivity index (χ1v) is 12.7. The summed E-state index contributed by atoms with van der Waals surface area (Å²) in [5.41, 5.74) is 1.85. The van der Waals surface area contributed by atoms with Gasteiger partial charge in [0.25, 0.3) is 0 Å². The van der Waals surface area contributed by atoms with Gasteiger partial charge >= 0.3 is 10.2 Å². The van der Waals surface area contributed by atoms with Crippen LogP contribution in [0.2, 0.25) is 0 Å². The van der Waals surface area contributed by atoms with E-state index >= 15 is 0 Å². The minimum atomic E-state index is -3.81. The molecule has 1 aliphatic rings. The van der Waals surface area contributed by atoms with Crippen LogP contribution >= 0.6 is 0 Å². The molecule has 0 unspecified atom stereocenters. The minimum Gasteiger partial charge on any atom is -0.327 e. The maximum absolute atomic E-state index is 13.7. The van der Waals surface area contributed by atoms with Gasteiger partial charge in [-0.15, -0.1) is 0 Å². The van der Waals surface area contributed by atoms with Crippen molar-refractivity contribution in [3.05, 3.63) is 42.7 Å². The minimum absolute atomic E-state index is 0.0716. The van der Waals surface area contributed by atoms with E-state index in [0.717, 1.165) is 21.7 Å². The molecule has 3 aromatic rings. The second-order valence-corrected chi connectivity index (χ2v) is 11.5. The molecule has 0 amide bonds. The summed E-state index contributed by atoms with van der Waals surface area (Å²) in [6, 6.07) is 5.40. The van der Waals surface area contributed by atoms with Gasteiger partial charge in [0.05, 0.1) is 16.7 Å². The molecule has 1 fully saturated rings. The third kappa shape index (κ3) is 4.49. The van der Waals surface area contributed by atoms with Crippen molar-refractivity contribution in [1.82, 2.24) is 18.5 Å². The zero-order valence-electron chi connectivity index (χ0n) is 19.5. The van der Waals surface area contributed by atoms with Crippen molar-refractivity contribution in [2.45, 2.75) is 70.8 Å². The summed E-state index contributed by atoms with van der Waals surface area (Å²) in [4.78, 5) is 8.74. The van der Waals surface area contributed by atoms with Gasteiger partial charge in [-0.1, -0.05) is 20.8 Å². The van der Waals surface area contributed by atoms with Crippen molar-refractivity contribution in [2.75, 3.05) is 11.4 Å². The molecule has 0 spiro atoms. The zero-order valence-corrected chi connectivity index (χ0v) is 20.3. The van der Waals surface area contributed by atoms with Crippen LogP contribution in [0.25, 0.3) is 11.0 Å². The predicted molar refractivity (Wildman–Crippen MR) is 125 cm³/mol. The Labute approximate surface area is 193 Å². The maximum atomic E-state index is 13.7. The average molecular weight is 480 g/mol. The normalized spacial score (nSPS) is 17.5. The Bertz CT molecular complexity index is 1230. The Morgan fingerprint density at radius 3 is 2.55 bits per heavy atom. The van der Waals surface area contributed by atoms with Crippen LogP contribution in [-0.4, -0.2) is 39.9 Å². The highest BCUT2D eigenvalue weighted by molar-refractivity contribution is 7.91. The second kappa shape index (κ2) is 8.38. The molecule has 0 radical (unpaired) electrons. The summed E-state index contributed by atoms with van der Waals surface area (Å²) >= 11 is 0. The van der Waals surface area contributed by atoms with Crippen LogP contribution in [0.5, 0.6) is 0 Å². The number of alkyl halides is 2. The summed E-state index contributed by atoms with van der Waals surface area (Å²) < 4.78 is 57.5. The summed E-state index contributed by atoms with van der Waals surface area (Å²) in [6.45, 7) is 6.97. The van der Waals surface area contributed by atoms with Crippen LogP contribution in [0.1, 0.15) is 58.7 Å². The van der Waals surface area contributed by atoms with Crippen LogP contribution in [0.4, 0.5) is 14.5 Å². The Morgan fingerprint density at radius 2 is 1.94 bits per heavy atom. The third-order valence-electron chi connectivity index (χ3n) is 6.95. The highest BCUT2D eigenvalue weighted by atomic mass is 32.2. The Balaban J connectivity index is 1.72.